The van der Waals surface area contributed by atoms with Crippen molar-refractivity contribution in [2.75, 3.05) is 26.2 Å². The van der Waals surface area contributed by atoms with Crippen LogP contribution in [0.2, 0.25) is 0 Å². The Morgan fingerprint density at radius 2 is 2.25 bits per heavy atom. The van der Waals surface area contributed by atoms with Crippen LogP contribution < -0.4 is 5.73 Å². The van der Waals surface area contributed by atoms with Gasteiger partial charge in [0, 0.05) is 6.54 Å². The van der Waals surface area contributed by atoms with Crippen molar-refractivity contribution in [1.82, 2.24) is 4.90 Å². The Bertz CT molecular complexity index is 242. The Balaban J connectivity index is 2.20. The molecule has 1 aliphatic rings. The van der Waals surface area contributed by atoms with Crippen LogP contribution in [0.5, 0.6) is 0 Å². The van der Waals surface area contributed by atoms with Crippen LogP contribution in [0.4, 0.5) is 0 Å². The Morgan fingerprint density at radius 1 is 1.50 bits per heavy atom. The lowest BCUT2D eigenvalue weighted by Crippen LogP contribution is -2.39. The summed E-state index contributed by atoms with van der Waals surface area (Å²) in [6, 6.07) is 2.36. The van der Waals surface area contributed by atoms with Gasteiger partial charge in [-0.05, 0) is 65.1 Å². The predicted molar refractivity (Wildman–Crippen MR) is 66.8 cm³/mol. The second-order valence-corrected chi connectivity index (χ2v) is 5.64. The molecule has 0 aromatic heterocycles. The van der Waals surface area contributed by atoms with Crippen LogP contribution in [0.1, 0.15) is 39.5 Å². The van der Waals surface area contributed by atoms with E-state index in [0.717, 1.165) is 32.5 Å². The highest BCUT2D eigenvalue weighted by Crippen LogP contribution is 2.22. The summed E-state index contributed by atoms with van der Waals surface area (Å²) in [7, 11) is 0. The summed E-state index contributed by atoms with van der Waals surface area (Å²) < 4.78 is 0. The third kappa shape index (κ3) is 4.51. The summed E-state index contributed by atoms with van der Waals surface area (Å²) in [6.07, 6.45) is 4.69. The molecule has 0 saturated carbocycles. The molecule has 1 heterocycles. The Morgan fingerprint density at radius 3 is 2.88 bits per heavy atom. The number of hydrogen-bond acceptors (Lipinski definition) is 3. The molecule has 0 bridgehead atoms. The first-order chi connectivity index (χ1) is 7.57. The van der Waals surface area contributed by atoms with Gasteiger partial charge in [-0.2, -0.15) is 5.26 Å². The number of nitriles is 1. The fraction of sp³-hybridized carbons (Fsp3) is 0.923. The van der Waals surface area contributed by atoms with Gasteiger partial charge < -0.3 is 10.6 Å². The zero-order valence-corrected chi connectivity index (χ0v) is 10.7. The molecule has 1 saturated heterocycles. The van der Waals surface area contributed by atoms with E-state index in [0.29, 0.717) is 5.92 Å². The summed E-state index contributed by atoms with van der Waals surface area (Å²) in [4.78, 5) is 2.51. The highest BCUT2D eigenvalue weighted by Gasteiger charge is 2.20. The van der Waals surface area contributed by atoms with Crippen molar-refractivity contribution < 1.29 is 0 Å². The number of nitrogens with zero attached hydrogens (tertiary/aromatic N) is 2. The van der Waals surface area contributed by atoms with Crippen LogP contribution in [0, 0.1) is 22.7 Å². The first kappa shape index (κ1) is 13.5. The zero-order valence-electron chi connectivity index (χ0n) is 10.7. The molecule has 1 unspecified atom stereocenters. The predicted octanol–water partition coefficient (Wildman–Crippen LogP) is 1.99. The van der Waals surface area contributed by atoms with E-state index < -0.39 is 0 Å². The van der Waals surface area contributed by atoms with Crippen LogP contribution in [-0.4, -0.2) is 31.1 Å². The average Bonchev–Trinajstić information content (AvgIpc) is 2.29. The first-order valence-electron chi connectivity index (χ1n) is 6.41. The van der Waals surface area contributed by atoms with Crippen molar-refractivity contribution in [3.63, 3.8) is 0 Å². The van der Waals surface area contributed by atoms with Crippen molar-refractivity contribution >= 4 is 0 Å². The number of likely N-dealkylation sites (tertiary alicyclic amines) is 1. The molecule has 0 amide bonds. The minimum Gasteiger partial charge on any atom is -0.330 e. The van der Waals surface area contributed by atoms with E-state index >= 15 is 0 Å². The van der Waals surface area contributed by atoms with Gasteiger partial charge in [0.15, 0.2) is 0 Å². The number of hydrogen-bond donors (Lipinski definition) is 1. The van der Waals surface area contributed by atoms with Gasteiger partial charge >= 0.3 is 0 Å². The molecule has 1 fully saturated rings. The van der Waals surface area contributed by atoms with E-state index in [1.54, 1.807) is 0 Å². The van der Waals surface area contributed by atoms with Gasteiger partial charge in [-0.15, -0.1) is 0 Å². The van der Waals surface area contributed by atoms with Crippen LogP contribution in [0.3, 0.4) is 0 Å². The lowest BCUT2D eigenvalue weighted by atomic mass is 9.89. The molecule has 0 aromatic rings. The molecular formula is C13H25N3. The second kappa shape index (κ2) is 6.22. The molecule has 3 heteroatoms. The molecule has 0 spiro atoms. The van der Waals surface area contributed by atoms with E-state index in [2.05, 4.69) is 11.0 Å². The van der Waals surface area contributed by atoms with E-state index in [4.69, 9.17) is 11.0 Å². The molecule has 3 nitrogen and oxygen atoms in total. The minimum absolute atomic E-state index is 0.164. The normalized spacial score (nSPS) is 23.0. The molecular weight excluding hydrogens is 198 g/mol. The lowest BCUT2D eigenvalue weighted by Gasteiger charge is -2.32. The summed E-state index contributed by atoms with van der Waals surface area (Å²) in [5.41, 5.74) is 5.55. The number of nitrogens with two attached hydrogens (primary N) is 1. The minimum atomic E-state index is -0.164. The van der Waals surface area contributed by atoms with E-state index in [1.165, 1.54) is 19.4 Å². The Labute approximate surface area is 99.6 Å². The molecule has 1 rings (SSSR count). The topological polar surface area (TPSA) is 53.0 Å². The Kier molecular flexibility index (Phi) is 5.24. The smallest absolute Gasteiger partial charge is 0.0683 e. The maximum Gasteiger partial charge on any atom is 0.0683 e. The highest BCUT2D eigenvalue weighted by molar-refractivity contribution is 4.91. The molecule has 2 N–H and O–H groups in total. The van der Waals surface area contributed by atoms with E-state index in [9.17, 15) is 0 Å². The van der Waals surface area contributed by atoms with Gasteiger partial charge in [0.2, 0.25) is 0 Å². The van der Waals surface area contributed by atoms with Crippen molar-refractivity contribution in [2.24, 2.45) is 17.1 Å². The van der Waals surface area contributed by atoms with Crippen molar-refractivity contribution in [2.45, 2.75) is 39.5 Å². The third-order valence-electron chi connectivity index (χ3n) is 3.52. The maximum absolute atomic E-state index is 8.93. The van der Waals surface area contributed by atoms with Crippen molar-refractivity contribution in [3.8, 4) is 6.07 Å². The SMILES string of the molecule is CC(C)(C#N)CCCN1CCCC(CN)C1. The molecule has 0 aliphatic carbocycles. The van der Waals surface area contributed by atoms with E-state index in [-0.39, 0.29) is 5.41 Å². The third-order valence-corrected chi connectivity index (χ3v) is 3.52. The van der Waals surface area contributed by atoms with Gasteiger partial charge in [0.1, 0.15) is 0 Å². The summed E-state index contributed by atoms with van der Waals surface area (Å²) in [5.74, 6) is 0.692. The van der Waals surface area contributed by atoms with Gasteiger partial charge in [-0.3, -0.25) is 0 Å². The maximum atomic E-state index is 8.93. The highest BCUT2D eigenvalue weighted by atomic mass is 15.1. The van der Waals surface area contributed by atoms with Gasteiger partial charge in [0.05, 0.1) is 11.5 Å². The van der Waals surface area contributed by atoms with Crippen LogP contribution in [0.15, 0.2) is 0 Å². The standard InChI is InChI=1S/C13H25N3/c1-13(2,11-15)6-4-8-16-7-3-5-12(9-14)10-16/h12H,3-10,14H2,1-2H3. The van der Waals surface area contributed by atoms with Gasteiger partial charge in [-0.25, -0.2) is 0 Å². The average molecular weight is 223 g/mol. The lowest BCUT2D eigenvalue weighted by molar-refractivity contribution is 0.171. The second-order valence-electron chi connectivity index (χ2n) is 5.64. The van der Waals surface area contributed by atoms with Crippen molar-refractivity contribution in [1.29, 1.82) is 5.26 Å². The molecule has 1 aliphatic heterocycles. The quantitative estimate of drug-likeness (QED) is 0.775. The largest absolute Gasteiger partial charge is 0.330 e. The molecule has 16 heavy (non-hydrogen) atoms. The fourth-order valence-electron chi connectivity index (χ4n) is 2.35. The van der Waals surface area contributed by atoms with Crippen LogP contribution in [0.25, 0.3) is 0 Å². The molecule has 0 aromatic carbocycles. The fourth-order valence-corrected chi connectivity index (χ4v) is 2.35. The van der Waals surface area contributed by atoms with Crippen molar-refractivity contribution in [3.05, 3.63) is 0 Å². The molecule has 92 valence electrons. The molecule has 1 atom stereocenters. The monoisotopic (exact) mass is 223 g/mol. The van der Waals surface area contributed by atoms with E-state index in [1.807, 2.05) is 13.8 Å². The summed E-state index contributed by atoms with van der Waals surface area (Å²) in [5, 5.41) is 8.93. The zero-order chi connectivity index (χ0) is 12.0. The Hall–Kier alpha value is -0.590. The summed E-state index contributed by atoms with van der Waals surface area (Å²) >= 11 is 0. The van der Waals surface area contributed by atoms with Crippen LogP contribution in [-0.2, 0) is 0 Å². The number of rotatable bonds is 5. The van der Waals surface area contributed by atoms with Gasteiger partial charge in [0.25, 0.3) is 0 Å². The van der Waals surface area contributed by atoms with Crippen LogP contribution >= 0.6 is 0 Å². The molecule has 0 radical (unpaired) electrons. The van der Waals surface area contributed by atoms with Gasteiger partial charge in [-0.1, -0.05) is 0 Å². The first-order valence-corrected chi connectivity index (χ1v) is 6.41. The summed E-state index contributed by atoms with van der Waals surface area (Å²) in [6.45, 7) is 8.35. The number of piperidine rings is 1.